The Balaban J connectivity index is 2.80. The van der Waals surface area contributed by atoms with Gasteiger partial charge in [0.25, 0.3) is 5.69 Å². The molecule has 0 amide bonds. The summed E-state index contributed by atoms with van der Waals surface area (Å²) in [6.45, 7) is 2.94. The average molecular weight is 210 g/mol. The van der Waals surface area contributed by atoms with Crippen LogP contribution in [0.3, 0.4) is 0 Å². The zero-order valence-electron chi connectivity index (χ0n) is 8.82. The smallest absolute Gasteiger partial charge is 0.274 e. The Morgan fingerprint density at radius 3 is 2.87 bits per heavy atom. The summed E-state index contributed by atoms with van der Waals surface area (Å²) in [5.74, 6) is 0. The van der Waals surface area contributed by atoms with Gasteiger partial charge >= 0.3 is 0 Å². The third-order valence-corrected chi connectivity index (χ3v) is 2.12. The molecule has 0 spiro atoms. The van der Waals surface area contributed by atoms with Crippen LogP contribution >= 0.6 is 0 Å². The summed E-state index contributed by atoms with van der Waals surface area (Å²) in [6, 6.07) is 4.98. The molecule has 0 aromatic heterocycles. The first-order valence-corrected chi connectivity index (χ1v) is 4.63. The highest BCUT2D eigenvalue weighted by atomic mass is 16.6. The molecule has 0 radical (unpaired) electrons. The van der Waals surface area contributed by atoms with Crippen LogP contribution in [0.4, 0.5) is 11.4 Å². The number of methoxy groups -OCH3 is 1. The van der Waals surface area contributed by atoms with Crippen LogP contribution in [0.25, 0.3) is 0 Å². The Labute approximate surface area is 88.2 Å². The van der Waals surface area contributed by atoms with Gasteiger partial charge in [0, 0.05) is 31.0 Å². The Bertz CT molecular complexity index is 353. The van der Waals surface area contributed by atoms with Crippen molar-refractivity contribution in [2.24, 2.45) is 0 Å². The molecule has 0 unspecified atom stereocenters. The Morgan fingerprint density at radius 2 is 2.27 bits per heavy atom. The second-order valence-corrected chi connectivity index (χ2v) is 3.13. The van der Waals surface area contributed by atoms with Crippen molar-refractivity contribution < 1.29 is 9.66 Å². The maximum atomic E-state index is 10.7. The molecule has 0 fully saturated rings. The van der Waals surface area contributed by atoms with E-state index in [0.29, 0.717) is 18.7 Å². The van der Waals surface area contributed by atoms with Gasteiger partial charge in [-0.25, -0.2) is 0 Å². The van der Waals surface area contributed by atoms with Crippen molar-refractivity contribution in [3.63, 3.8) is 0 Å². The van der Waals surface area contributed by atoms with Crippen molar-refractivity contribution in [2.45, 2.75) is 6.92 Å². The second kappa shape index (κ2) is 5.31. The molecule has 5 nitrogen and oxygen atoms in total. The number of nitrogens with one attached hydrogen (secondary N) is 1. The Kier molecular flexibility index (Phi) is 4.05. The van der Waals surface area contributed by atoms with E-state index in [9.17, 15) is 10.1 Å². The minimum Gasteiger partial charge on any atom is -0.383 e. The maximum Gasteiger partial charge on any atom is 0.274 e. The van der Waals surface area contributed by atoms with Crippen molar-refractivity contribution in [3.05, 3.63) is 33.9 Å². The van der Waals surface area contributed by atoms with E-state index in [-0.39, 0.29) is 10.6 Å². The molecule has 5 heteroatoms. The summed E-state index contributed by atoms with van der Waals surface area (Å²) in [7, 11) is 1.61. The number of hydrogen-bond donors (Lipinski definition) is 1. The predicted molar refractivity (Wildman–Crippen MR) is 58.2 cm³/mol. The molecule has 15 heavy (non-hydrogen) atoms. The van der Waals surface area contributed by atoms with Crippen molar-refractivity contribution in [1.29, 1.82) is 0 Å². The summed E-state index contributed by atoms with van der Waals surface area (Å²) in [5, 5.41) is 13.7. The molecule has 1 N–H and O–H groups in total. The van der Waals surface area contributed by atoms with Crippen LogP contribution in [-0.2, 0) is 4.74 Å². The number of nitro benzene ring substituents is 1. The lowest BCUT2D eigenvalue weighted by atomic mass is 10.1. The van der Waals surface area contributed by atoms with Crippen molar-refractivity contribution in [3.8, 4) is 0 Å². The lowest BCUT2D eigenvalue weighted by molar-refractivity contribution is -0.385. The molecule has 1 rings (SSSR count). The monoisotopic (exact) mass is 210 g/mol. The number of anilines is 1. The molecule has 0 saturated carbocycles. The van der Waals surface area contributed by atoms with E-state index in [2.05, 4.69) is 5.32 Å². The van der Waals surface area contributed by atoms with Gasteiger partial charge in [0.2, 0.25) is 0 Å². The second-order valence-electron chi connectivity index (χ2n) is 3.13. The van der Waals surface area contributed by atoms with Gasteiger partial charge in [0.05, 0.1) is 11.5 Å². The number of benzene rings is 1. The highest BCUT2D eigenvalue weighted by Crippen LogP contribution is 2.24. The summed E-state index contributed by atoms with van der Waals surface area (Å²) in [4.78, 5) is 10.3. The van der Waals surface area contributed by atoms with Gasteiger partial charge in [-0.3, -0.25) is 10.1 Å². The first-order valence-electron chi connectivity index (χ1n) is 4.63. The highest BCUT2D eigenvalue weighted by Gasteiger charge is 2.12. The van der Waals surface area contributed by atoms with Gasteiger partial charge < -0.3 is 10.1 Å². The van der Waals surface area contributed by atoms with E-state index in [4.69, 9.17) is 4.74 Å². The molecule has 0 aliphatic heterocycles. The van der Waals surface area contributed by atoms with Crippen LogP contribution < -0.4 is 5.32 Å². The first-order chi connectivity index (χ1) is 7.16. The van der Waals surface area contributed by atoms with E-state index in [1.807, 2.05) is 6.07 Å². The van der Waals surface area contributed by atoms with E-state index in [0.717, 1.165) is 5.69 Å². The van der Waals surface area contributed by atoms with Crippen LogP contribution in [0.1, 0.15) is 5.56 Å². The number of ether oxygens (including phenoxy) is 1. The standard InChI is InChI=1S/C10H14N2O3/c1-8-9(11-6-7-15-2)4-3-5-10(8)12(13)14/h3-5,11H,6-7H2,1-2H3. The van der Waals surface area contributed by atoms with Gasteiger partial charge in [-0.1, -0.05) is 6.07 Å². The number of hydrogen-bond acceptors (Lipinski definition) is 4. The normalized spacial score (nSPS) is 10.0. The van der Waals surface area contributed by atoms with Gasteiger partial charge in [0.1, 0.15) is 0 Å². The average Bonchev–Trinajstić information content (AvgIpc) is 2.20. The molecule has 0 aliphatic rings. The molecule has 1 aromatic carbocycles. The summed E-state index contributed by atoms with van der Waals surface area (Å²) < 4.78 is 4.88. The summed E-state index contributed by atoms with van der Waals surface area (Å²) >= 11 is 0. The number of nitrogens with zero attached hydrogens (tertiary/aromatic N) is 1. The van der Waals surface area contributed by atoms with Crippen molar-refractivity contribution in [1.82, 2.24) is 0 Å². The summed E-state index contributed by atoms with van der Waals surface area (Å²) in [6.07, 6.45) is 0. The van der Waals surface area contributed by atoms with Crippen LogP contribution in [0.5, 0.6) is 0 Å². The third kappa shape index (κ3) is 2.92. The highest BCUT2D eigenvalue weighted by molar-refractivity contribution is 5.59. The molecule has 1 aromatic rings. The van der Waals surface area contributed by atoms with E-state index in [1.165, 1.54) is 6.07 Å². The minimum absolute atomic E-state index is 0.136. The molecular formula is C10H14N2O3. The van der Waals surface area contributed by atoms with Gasteiger partial charge in [-0.15, -0.1) is 0 Å². The SMILES string of the molecule is COCCNc1cccc([N+](=O)[O-])c1C. The van der Waals surface area contributed by atoms with Gasteiger partial charge in [0.15, 0.2) is 0 Å². The van der Waals surface area contributed by atoms with Crippen LogP contribution in [0.15, 0.2) is 18.2 Å². The lowest BCUT2D eigenvalue weighted by Gasteiger charge is -2.08. The summed E-state index contributed by atoms with van der Waals surface area (Å²) in [5.41, 5.74) is 1.57. The fourth-order valence-electron chi connectivity index (χ4n) is 1.30. The molecule has 82 valence electrons. The lowest BCUT2D eigenvalue weighted by Crippen LogP contribution is -2.09. The quantitative estimate of drug-likeness (QED) is 0.458. The first kappa shape index (κ1) is 11.5. The fraction of sp³-hybridized carbons (Fsp3) is 0.400. The molecule has 0 saturated heterocycles. The minimum atomic E-state index is -0.378. The van der Waals surface area contributed by atoms with Crippen molar-refractivity contribution >= 4 is 11.4 Å². The zero-order chi connectivity index (χ0) is 11.3. The predicted octanol–water partition coefficient (Wildman–Crippen LogP) is 1.96. The Hall–Kier alpha value is -1.62. The van der Waals surface area contributed by atoms with Gasteiger partial charge in [-0.05, 0) is 13.0 Å². The molecule has 0 atom stereocenters. The fourth-order valence-corrected chi connectivity index (χ4v) is 1.30. The zero-order valence-corrected chi connectivity index (χ0v) is 8.82. The van der Waals surface area contributed by atoms with Crippen molar-refractivity contribution in [2.75, 3.05) is 25.6 Å². The van der Waals surface area contributed by atoms with Crippen LogP contribution in [-0.4, -0.2) is 25.2 Å². The molecular weight excluding hydrogens is 196 g/mol. The molecule has 0 heterocycles. The van der Waals surface area contributed by atoms with E-state index >= 15 is 0 Å². The number of rotatable bonds is 5. The maximum absolute atomic E-state index is 10.7. The van der Waals surface area contributed by atoms with Gasteiger partial charge in [-0.2, -0.15) is 0 Å². The topological polar surface area (TPSA) is 64.4 Å². The van der Waals surface area contributed by atoms with Crippen LogP contribution in [0, 0.1) is 17.0 Å². The van der Waals surface area contributed by atoms with Crippen LogP contribution in [0.2, 0.25) is 0 Å². The van der Waals surface area contributed by atoms with E-state index < -0.39 is 0 Å². The molecule has 0 aliphatic carbocycles. The largest absolute Gasteiger partial charge is 0.383 e. The molecule has 0 bridgehead atoms. The number of nitro groups is 1. The Morgan fingerprint density at radius 1 is 1.53 bits per heavy atom. The van der Waals surface area contributed by atoms with E-state index in [1.54, 1.807) is 20.1 Å². The third-order valence-electron chi connectivity index (χ3n) is 2.12.